The van der Waals surface area contributed by atoms with Gasteiger partial charge in [-0.15, -0.1) is 11.3 Å². The smallest absolute Gasteiger partial charge is 0.220 e. The van der Waals surface area contributed by atoms with Gasteiger partial charge < -0.3 is 5.32 Å². The molecule has 0 saturated carbocycles. The lowest BCUT2D eigenvalue weighted by atomic mass is 10.3. The summed E-state index contributed by atoms with van der Waals surface area (Å²) in [4.78, 5) is 12.3. The van der Waals surface area contributed by atoms with Crippen LogP contribution in [0.3, 0.4) is 0 Å². The molecule has 1 amide bonds. The van der Waals surface area contributed by atoms with Crippen LogP contribution >= 0.6 is 27.3 Å². The van der Waals surface area contributed by atoms with Crippen molar-refractivity contribution in [3.8, 4) is 0 Å². The Morgan fingerprint density at radius 1 is 1.62 bits per heavy atom. The van der Waals surface area contributed by atoms with Gasteiger partial charge in [0.1, 0.15) is 0 Å². The Morgan fingerprint density at radius 3 is 2.92 bits per heavy atom. The van der Waals surface area contributed by atoms with E-state index in [0.717, 1.165) is 10.2 Å². The summed E-state index contributed by atoms with van der Waals surface area (Å²) in [5.74, 6) is 0.132. The van der Waals surface area contributed by atoms with Crippen LogP contribution < -0.4 is 5.32 Å². The van der Waals surface area contributed by atoms with E-state index >= 15 is 0 Å². The van der Waals surface area contributed by atoms with Gasteiger partial charge in [0.2, 0.25) is 5.91 Å². The number of amides is 1. The Balaban J connectivity index is 2.30. The Kier molecular flexibility index (Phi) is 4.45. The van der Waals surface area contributed by atoms with Crippen LogP contribution in [0.2, 0.25) is 0 Å². The molecule has 1 aromatic heterocycles. The Bertz CT molecular complexity index is 285. The third-order valence-corrected chi connectivity index (χ3v) is 3.19. The Hall–Kier alpha value is -0.350. The number of rotatable bonds is 4. The molecule has 0 atom stereocenters. The molecule has 0 fully saturated rings. The van der Waals surface area contributed by atoms with Gasteiger partial charge in [0.05, 0.1) is 10.3 Å². The van der Waals surface area contributed by atoms with E-state index in [2.05, 4.69) is 21.2 Å². The van der Waals surface area contributed by atoms with Gasteiger partial charge >= 0.3 is 0 Å². The van der Waals surface area contributed by atoms with Crippen molar-refractivity contribution in [1.29, 1.82) is 0 Å². The van der Waals surface area contributed by atoms with Gasteiger partial charge in [0.25, 0.3) is 0 Å². The second-order valence-electron chi connectivity index (χ2n) is 2.73. The van der Waals surface area contributed by atoms with Crippen LogP contribution in [0.15, 0.2) is 15.9 Å². The molecule has 0 spiro atoms. The summed E-state index contributed by atoms with van der Waals surface area (Å²) < 4.78 is 1.10. The zero-order chi connectivity index (χ0) is 9.68. The minimum Gasteiger partial charge on any atom is -0.351 e. The van der Waals surface area contributed by atoms with Crippen molar-refractivity contribution in [2.75, 3.05) is 0 Å². The van der Waals surface area contributed by atoms with E-state index in [1.54, 1.807) is 11.3 Å². The summed E-state index contributed by atoms with van der Waals surface area (Å²) in [7, 11) is 0. The fraction of sp³-hybridized carbons (Fsp3) is 0.444. The molecule has 1 N–H and O–H groups in total. The molecule has 0 unspecified atom stereocenters. The van der Waals surface area contributed by atoms with E-state index in [-0.39, 0.29) is 5.91 Å². The summed E-state index contributed by atoms with van der Waals surface area (Å²) in [6.45, 7) is 2.65. The second-order valence-corrected chi connectivity index (χ2v) is 5.28. The standard InChI is InChI=1S/C9H12BrNOS/c1-2-3-9(12)11-6-7-4-5-8(10)13-7/h4-5H,2-3,6H2,1H3,(H,11,12). The molecule has 1 rings (SSSR count). The Morgan fingerprint density at radius 2 is 2.38 bits per heavy atom. The van der Waals surface area contributed by atoms with Crippen molar-refractivity contribution < 1.29 is 4.79 Å². The average molecular weight is 262 g/mol. The third-order valence-electron chi connectivity index (χ3n) is 1.57. The van der Waals surface area contributed by atoms with Crippen LogP contribution in [0.25, 0.3) is 0 Å². The molecule has 0 saturated heterocycles. The van der Waals surface area contributed by atoms with E-state index in [1.165, 1.54) is 4.88 Å². The van der Waals surface area contributed by atoms with Gasteiger partial charge in [-0.1, -0.05) is 6.92 Å². The van der Waals surface area contributed by atoms with Crippen LogP contribution in [0.4, 0.5) is 0 Å². The van der Waals surface area contributed by atoms with Crippen LogP contribution in [-0.2, 0) is 11.3 Å². The number of nitrogens with one attached hydrogen (secondary N) is 1. The summed E-state index contributed by atoms with van der Waals surface area (Å²) in [6.07, 6.45) is 1.52. The molecular formula is C9H12BrNOS. The maximum atomic E-state index is 11.1. The highest BCUT2D eigenvalue weighted by Gasteiger charge is 2.00. The van der Waals surface area contributed by atoms with E-state index in [9.17, 15) is 4.79 Å². The first-order valence-corrected chi connectivity index (χ1v) is 5.84. The van der Waals surface area contributed by atoms with Crippen molar-refractivity contribution in [3.63, 3.8) is 0 Å². The van der Waals surface area contributed by atoms with Gasteiger partial charge in [-0.3, -0.25) is 4.79 Å². The van der Waals surface area contributed by atoms with E-state index < -0.39 is 0 Å². The predicted octanol–water partition coefficient (Wildman–Crippen LogP) is 2.93. The maximum Gasteiger partial charge on any atom is 0.220 e. The molecule has 4 heteroatoms. The molecule has 0 bridgehead atoms. The normalized spacial score (nSPS) is 10.0. The Labute approximate surface area is 90.5 Å². The number of thiophene rings is 1. The zero-order valence-electron chi connectivity index (χ0n) is 7.47. The first kappa shape index (κ1) is 10.7. The van der Waals surface area contributed by atoms with Crippen LogP contribution in [0.5, 0.6) is 0 Å². The number of carbonyl (C=O) groups is 1. The highest BCUT2D eigenvalue weighted by atomic mass is 79.9. The van der Waals surface area contributed by atoms with E-state index in [0.29, 0.717) is 13.0 Å². The maximum absolute atomic E-state index is 11.1. The molecule has 0 radical (unpaired) electrons. The molecular weight excluding hydrogens is 250 g/mol. The van der Waals surface area contributed by atoms with Gasteiger partial charge in [-0.25, -0.2) is 0 Å². The second kappa shape index (κ2) is 5.40. The molecule has 1 aromatic rings. The van der Waals surface area contributed by atoms with E-state index in [1.807, 2.05) is 19.1 Å². The SMILES string of the molecule is CCCC(=O)NCc1ccc(Br)s1. The quantitative estimate of drug-likeness (QED) is 0.888. The number of hydrogen-bond donors (Lipinski definition) is 1. The topological polar surface area (TPSA) is 29.1 Å². The third kappa shape index (κ3) is 3.91. The van der Waals surface area contributed by atoms with Gasteiger partial charge in [0, 0.05) is 11.3 Å². The highest BCUT2D eigenvalue weighted by Crippen LogP contribution is 2.21. The lowest BCUT2D eigenvalue weighted by molar-refractivity contribution is -0.121. The van der Waals surface area contributed by atoms with Crippen molar-refractivity contribution in [2.45, 2.75) is 26.3 Å². The first-order chi connectivity index (χ1) is 6.22. The molecule has 1 heterocycles. The lowest BCUT2D eigenvalue weighted by Gasteiger charge is -2.00. The minimum atomic E-state index is 0.132. The van der Waals surface area contributed by atoms with Crippen LogP contribution in [0.1, 0.15) is 24.6 Å². The number of carbonyl (C=O) groups excluding carboxylic acids is 1. The predicted molar refractivity (Wildman–Crippen MR) is 58.8 cm³/mol. The van der Waals surface area contributed by atoms with Crippen molar-refractivity contribution in [2.24, 2.45) is 0 Å². The highest BCUT2D eigenvalue weighted by molar-refractivity contribution is 9.11. The lowest BCUT2D eigenvalue weighted by Crippen LogP contribution is -2.21. The summed E-state index contributed by atoms with van der Waals surface area (Å²) in [5.41, 5.74) is 0. The molecule has 13 heavy (non-hydrogen) atoms. The van der Waals surface area contributed by atoms with Crippen molar-refractivity contribution >= 4 is 33.2 Å². The minimum absolute atomic E-state index is 0.132. The number of halogens is 1. The van der Waals surface area contributed by atoms with Crippen molar-refractivity contribution in [1.82, 2.24) is 5.32 Å². The van der Waals surface area contributed by atoms with Gasteiger partial charge in [-0.05, 0) is 34.5 Å². The van der Waals surface area contributed by atoms with Crippen LogP contribution in [0, 0.1) is 0 Å². The fourth-order valence-corrected chi connectivity index (χ4v) is 2.37. The summed E-state index contributed by atoms with van der Waals surface area (Å²) >= 11 is 5.03. The van der Waals surface area contributed by atoms with Gasteiger partial charge in [0.15, 0.2) is 0 Å². The van der Waals surface area contributed by atoms with Crippen LogP contribution in [-0.4, -0.2) is 5.91 Å². The largest absolute Gasteiger partial charge is 0.351 e. The van der Waals surface area contributed by atoms with Crippen molar-refractivity contribution in [3.05, 3.63) is 20.8 Å². The average Bonchev–Trinajstić information content (AvgIpc) is 2.49. The molecule has 0 aliphatic heterocycles. The monoisotopic (exact) mass is 261 g/mol. The molecule has 2 nitrogen and oxygen atoms in total. The summed E-state index contributed by atoms with van der Waals surface area (Å²) in [5, 5.41) is 2.86. The molecule has 0 aliphatic rings. The van der Waals surface area contributed by atoms with Gasteiger partial charge in [-0.2, -0.15) is 0 Å². The number of hydrogen-bond acceptors (Lipinski definition) is 2. The molecule has 0 aliphatic carbocycles. The zero-order valence-corrected chi connectivity index (χ0v) is 9.87. The molecule has 0 aromatic carbocycles. The fourth-order valence-electron chi connectivity index (χ4n) is 0.948. The van der Waals surface area contributed by atoms with E-state index in [4.69, 9.17) is 0 Å². The molecule has 72 valence electrons. The summed E-state index contributed by atoms with van der Waals surface area (Å²) in [6, 6.07) is 4.01. The first-order valence-electron chi connectivity index (χ1n) is 4.23.